The van der Waals surface area contributed by atoms with Crippen molar-refractivity contribution in [2.24, 2.45) is 17.3 Å². The van der Waals surface area contributed by atoms with Gasteiger partial charge in [0.1, 0.15) is 5.54 Å². The van der Waals surface area contributed by atoms with Crippen molar-refractivity contribution < 1.29 is 9.59 Å². The Morgan fingerprint density at radius 2 is 1.95 bits per heavy atom. The van der Waals surface area contributed by atoms with Crippen molar-refractivity contribution in [3.05, 3.63) is 0 Å². The van der Waals surface area contributed by atoms with Crippen LogP contribution in [0.2, 0.25) is 0 Å². The lowest BCUT2D eigenvalue weighted by Gasteiger charge is -2.43. The molecule has 3 aliphatic rings. The summed E-state index contributed by atoms with van der Waals surface area (Å²) in [6.45, 7) is 7.98. The Balaban J connectivity index is 1.72. The molecular formula is C17H29N3O2. The summed E-state index contributed by atoms with van der Waals surface area (Å²) in [7, 11) is 2.00. The summed E-state index contributed by atoms with van der Waals surface area (Å²) < 4.78 is 0. The van der Waals surface area contributed by atoms with Crippen molar-refractivity contribution in [1.29, 1.82) is 0 Å². The minimum Gasteiger partial charge on any atom is -0.323 e. The quantitative estimate of drug-likeness (QED) is 0.812. The topological polar surface area (TPSA) is 52.7 Å². The fraction of sp³-hybridized carbons (Fsp3) is 0.882. The summed E-state index contributed by atoms with van der Waals surface area (Å²) in [4.78, 5) is 28.9. The van der Waals surface area contributed by atoms with Crippen molar-refractivity contribution in [3.8, 4) is 0 Å². The molecule has 2 atom stereocenters. The smallest absolute Gasteiger partial charge is 0.323 e. The van der Waals surface area contributed by atoms with Gasteiger partial charge in [0.25, 0.3) is 5.91 Å². The van der Waals surface area contributed by atoms with Crippen LogP contribution in [-0.4, -0.2) is 47.5 Å². The van der Waals surface area contributed by atoms with Crippen LogP contribution in [0.15, 0.2) is 0 Å². The third-order valence-electron chi connectivity index (χ3n) is 5.27. The summed E-state index contributed by atoms with van der Waals surface area (Å²) in [5, 5.41) is 3.04. The van der Waals surface area contributed by atoms with Gasteiger partial charge < -0.3 is 5.32 Å². The van der Waals surface area contributed by atoms with E-state index in [9.17, 15) is 9.59 Å². The van der Waals surface area contributed by atoms with Crippen molar-refractivity contribution in [2.75, 3.05) is 20.3 Å². The molecule has 5 heteroatoms. The second-order valence-electron chi connectivity index (χ2n) is 8.72. The molecule has 0 aromatic rings. The zero-order chi connectivity index (χ0) is 16.1. The van der Waals surface area contributed by atoms with Gasteiger partial charge in [-0.15, -0.1) is 0 Å². The van der Waals surface area contributed by atoms with Crippen LogP contribution in [0.5, 0.6) is 0 Å². The van der Waals surface area contributed by atoms with Crippen molar-refractivity contribution in [3.63, 3.8) is 0 Å². The summed E-state index contributed by atoms with van der Waals surface area (Å²) in [6.07, 6.45) is 5.18. The maximum Gasteiger partial charge on any atom is 0.326 e. The number of rotatable bonds is 4. The lowest BCUT2D eigenvalue weighted by molar-refractivity contribution is -0.136. The molecule has 0 bridgehead atoms. The number of urea groups is 1. The SMILES string of the molecule is CC1CC(C)(C)CC2(C1)NC(=O)N(CN(C)CC1CC1)C2=O. The van der Waals surface area contributed by atoms with Gasteiger partial charge in [-0.2, -0.15) is 0 Å². The van der Waals surface area contributed by atoms with Crippen LogP contribution in [0, 0.1) is 17.3 Å². The van der Waals surface area contributed by atoms with E-state index < -0.39 is 5.54 Å². The van der Waals surface area contributed by atoms with Gasteiger partial charge in [0.2, 0.25) is 0 Å². The monoisotopic (exact) mass is 307 g/mol. The van der Waals surface area contributed by atoms with Gasteiger partial charge >= 0.3 is 6.03 Å². The third kappa shape index (κ3) is 3.00. The standard InChI is InChI=1S/C17H29N3O2/c1-12-7-16(2,3)10-17(8-12)14(21)20(15(22)18-17)11-19(4)9-13-5-6-13/h12-13H,5-11H2,1-4H3,(H,18,22). The highest BCUT2D eigenvalue weighted by atomic mass is 16.2. The Morgan fingerprint density at radius 3 is 2.55 bits per heavy atom. The second-order valence-corrected chi connectivity index (χ2v) is 8.72. The normalized spacial score (nSPS) is 34.6. The van der Waals surface area contributed by atoms with E-state index in [1.165, 1.54) is 17.7 Å². The number of nitrogens with one attached hydrogen (secondary N) is 1. The molecule has 3 amide bonds. The molecule has 3 fully saturated rings. The molecule has 1 heterocycles. The van der Waals surface area contributed by atoms with Crippen molar-refractivity contribution in [1.82, 2.24) is 15.1 Å². The molecule has 1 saturated heterocycles. The summed E-state index contributed by atoms with van der Waals surface area (Å²) in [6, 6.07) is -0.211. The third-order valence-corrected chi connectivity index (χ3v) is 5.27. The molecule has 1 aliphatic heterocycles. The highest BCUT2D eigenvalue weighted by Crippen LogP contribution is 2.46. The molecule has 2 aliphatic carbocycles. The van der Waals surface area contributed by atoms with Crippen LogP contribution in [0.4, 0.5) is 4.79 Å². The molecule has 5 nitrogen and oxygen atoms in total. The largest absolute Gasteiger partial charge is 0.326 e. The van der Waals surface area contributed by atoms with Crippen LogP contribution in [0.3, 0.4) is 0 Å². The summed E-state index contributed by atoms with van der Waals surface area (Å²) in [5.74, 6) is 1.20. The number of imide groups is 1. The van der Waals surface area contributed by atoms with E-state index in [4.69, 9.17) is 0 Å². The van der Waals surface area contributed by atoms with Crippen LogP contribution in [0.25, 0.3) is 0 Å². The molecule has 124 valence electrons. The molecule has 2 unspecified atom stereocenters. The number of amides is 3. The number of hydrogen-bond acceptors (Lipinski definition) is 3. The predicted octanol–water partition coefficient (Wildman–Crippen LogP) is 2.42. The Morgan fingerprint density at radius 1 is 1.27 bits per heavy atom. The first-order valence-electron chi connectivity index (χ1n) is 8.53. The minimum atomic E-state index is -0.668. The van der Waals surface area contributed by atoms with Crippen LogP contribution in [0.1, 0.15) is 52.9 Å². The number of carbonyl (C=O) groups excluding carboxylic acids is 2. The zero-order valence-corrected chi connectivity index (χ0v) is 14.3. The first-order chi connectivity index (χ1) is 10.2. The summed E-state index contributed by atoms with van der Waals surface area (Å²) in [5.41, 5.74) is -0.574. The van der Waals surface area contributed by atoms with Crippen LogP contribution >= 0.6 is 0 Å². The van der Waals surface area contributed by atoms with E-state index in [2.05, 4.69) is 31.0 Å². The minimum absolute atomic E-state index is 0.0141. The predicted molar refractivity (Wildman–Crippen MR) is 85.1 cm³/mol. The summed E-state index contributed by atoms with van der Waals surface area (Å²) >= 11 is 0. The fourth-order valence-corrected chi connectivity index (χ4v) is 4.67. The number of hydrogen-bond donors (Lipinski definition) is 1. The maximum atomic E-state index is 13.0. The van der Waals surface area contributed by atoms with Crippen molar-refractivity contribution >= 4 is 11.9 Å². The molecule has 2 saturated carbocycles. The van der Waals surface area contributed by atoms with E-state index in [0.29, 0.717) is 12.6 Å². The van der Waals surface area contributed by atoms with E-state index >= 15 is 0 Å². The first-order valence-corrected chi connectivity index (χ1v) is 8.53. The molecular weight excluding hydrogens is 278 g/mol. The highest BCUT2D eigenvalue weighted by molar-refractivity contribution is 6.07. The maximum absolute atomic E-state index is 13.0. The van der Waals surface area contributed by atoms with E-state index in [1.807, 2.05) is 7.05 Å². The molecule has 22 heavy (non-hydrogen) atoms. The molecule has 1 N–H and O–H groups in total. The lowest BCUT2D eigenvalue weighted by Crippen LogP contribution is -2.54. The zero-order valence-electron chi connectivity index (χ0n) is 14.3. The fourth-order valence-electron chi connectivity index (χ4n) is 4.67. The molecule has 3 rings (SSSR count). The van der Waals surface area contributed by atoms with Crippen LogP contribution < -0.4 is 5.32 Å². The van der Waals surface area contributed by atoms with Gasteiger partial charge in [0.05, 0.1) is 6.67 Å². The Labute approximate surface area is 133 Å². The van der Waals surface area contributed by atoms with E-state index in [-0.39, 0.29) is 17.4 Å². The van der Waals surface area contributed by atoms with Crippen molar-refractivity contribution in [2.45, 2.75) is 58.4 Å². The number of nitrogens with zero attached hydrogens (tertiary/aromatic N) is 2. The van der Waals surface area contributed by atoms with Gasteiger partial charge in [-0.25, -0.2) is 9.69 Å². The Kier molecular flexibility index (Phi) is 3.75. The van der Waals surface area contributed by atoms with Gasteiger partial charge in [0, 0.05) is 6.54 Å². The number of carbonyl (C=O) groups is 2. The molecule has 0 aromatic heterocycles. The van der Waals surface area contributed by atoms with E-state index in [1.54, 1.807) is 0 Å². The second kappa shape index (κ2) is 5.22. The van der Waals surface area contributed by atoms with Crippen LogP contribution in [-0.2, 0) is 4.79 Å². The molecule has 0 radical (unpaired) electrons. The van der Waals surface area contributed by atoms with Gasteiger partial charge in [-0.1, -0.05) is 20.8 Å². The first kappa shape index (κ1) is 15.8. The lowest BCUT2D eigenvalue weighted by atomic mass is 9.64. The average Bonchev–Trinajstić information content (AvgIpc) is 3.12. The Hall–Kier alpha value is -1.10. The average molecular weight is 307 g/mol. The van der Waals surface area contributed by atoms with Gasteiger partial charge in [-0.3, -0.25) is 9.69 Å². The molecule has 1 spiro atoms. The van der Waals surface area contributed by atoms with E-state index in [0.717, 1.165) is 31.7 Å². The Bertz CT molecular complexity index is 486. The molecule has 0 aromatic carbocycles. The van der Waals surface area contributed by atoms with Gasteiger partial charge in [0.15, 0.2) is 0 Å². The highest BCUT2D eigenvalue weighted by Gasteiger charge is 2.56. The van der Waals surface area contributed by atoms with Gasteiger partial charge in [-0.05, 0) is 56.4 Å².